The molecule has 0 saturated heterocycles. The molecule has 1 aliphatic heterocycles. The predicted octanol–water partition coefficient (Wildman–Crippen LogP) is -3.38. The topological polar surface area (TPSA) is 63.0 Å². The van der Waals surface area contributed by atoms with Gasteiger partial charge in [-0.15, -0.1) is 0 Å². The van der Waals surface area contributed by atoms with Crippen LogP contribution in [0, 0.1) is 16.7 Å². The Balaban J connectivity index is 0.000000810. The van der Waals surface area contributed by atoms with Gasteiger partial charge in [0.05, 0.1) is 7.05 Å². The summed E-state index contributed by atoms with van der Waals surface area (Å²) in [5.74, 6) is 0.164. The molecule has 1 aliphatic rings. The second-order valence-electron chi connectivity index (χ2n) is 1.66. The molecule has 10 heavy (non-hydrogen) atoms. The molecule has 4 nitrogen and oxygen atoms in total. The van der Waals surface area contributed by atoms with Gasteiger partial charge in [0.25, 0.3) is 5.71 Å². The van der Waals surface area contributed by atoms with E-state index in [9.17, 15) is 0 Å². The Hall–Kier alpha value is -1.21. The van der Waals surface area contributed by atoms with Gasteiger partial charge in [0, 0.05) is 0 Å². The van der Waals surface area contributed by atoms with Gasteiger partial charge in [-0.25, -0.2) is 4.58 Å². The van der Waals surface area contributed by atoms with Gasteiger partial charge < -0.3 is 12.4 Å². The number of rotatable bonds is 0. The molecule has 1 heterocycles. The molecule has 0 aromatic heterocycles. The normalized spacial score (nSPS) is 15.0. The minimum absolute atomic E-state index is 0. The van der Waals surface area contributed by atoms with Crippen molar-refractivity contribution >= 4 is 17.9 Å². The van der Waals surface area contributed by atoms with Crippen molar-refractivity contribution in [3.8, 4) is 6.07 Å². The smallest absolute Gasteiger partial charge is 0.308 e. The van der Waals surface area contributed by atoms with Crippen molar-refractivity contribution in [3.63, 3.8) is 0 Å². The summed E-state index contributed by atoms with van der Waals surface area (Å²) in [5, 5.41) is 15.4. The quantitative estimate of drug-likeness (QED) is 0.366. The van der Waals surface area contributed by atoms with Gasteiger partial charge in [0.15, 0.2) is 0 Å². The third-order valence-electron chi connectivity index (χ3n) is 1.04. The van der Waals surface area contributed by atoms with Crippen LogP contribution in [0.4, 0.5) is 0 Å². The van der Waals surface area contributed by atoms with Gasteiger partial charge in [0.1, 0.15) is 6.07 Å². The number of aliphatic imine (C=N–C) groups is 1. The van der Waals surface area contributed by atoms with E-state index in [0.29, 0.717) is 0 Å². The first-order valence-electron chi connectivity index (χ1n) is 2.38. The maximum absolute atomic E-state index is 8.29. The van der Waals surface area contributed by atoms with E-state index < -0.39 is 0 Å². The maximum atomic E-state index is 8.29. The summed E-state index contributed by atoms with van der Waals surface area (Å²) in [6.07, 6.45) is 1.45. The molecular formula is C5H5ClN4. The molecule has 0 bridgehead atoms. The van der Waals surface area contributed by atoms with Crippen molar-refractivity contribution in [1.82, 2.24) is 0 Å². The number of halogens is 1. The Morgan fingerprint density at radius 2 is 2.40 bits per heavy atom. The predicted molar refractivity (Wildman–Crippen MR) is 33.0 cm³/mol. The van der Waals surface area contributed by atoms with Gasteiger partial charge in [0.2, 0.25) is 6.34 Å². The van der Waals surface area contributed by atoms with Crippen LogP contribution in [0.25, 0.3) is 0 Å². The van der Waals surface area contributed by atoms with Gasteiger partial charge >= 0.3 is 5.84 Å². The summed E-state index contributed by atoms with van der Waals surface area (Å²) in [5.41, 5.74) is 0.178. The van der Waals surface area contributed by atoms with E-state index >= 15 is 0 Å². The number of nitrogens with zero attached hydrogens (tertiary/aromatic N) is 3. The van der Waals surface area contributed by atoms with E-state index in [1.807, 2.05) is 0 Å². The summed E-state index contributed by atoms with van der Waals surface area (Å²) in [6, 6.07) is 1.80. The Bertz CT molecular complexity index is 257. The zero-order valence-electron chi connectivity index (χ0n) is 5.30. The third-order valence-corrected chi connectivity index (χ3v) is 1.04. The highest BCUT2D eigenvalue weighted by atomic mass is 35.5. The van der Waals surface area contributed by atoms with E-state index in [4.69, 9.17) is 10.7 Å². The average Bonchev–Trinajstić information content (AvgIpc) is 2.15. The lowest BCUT2D eigenvalue weighted by Crippen LogP contribution is -3.00. The molecule has 0 unspecified atom stereocenters. The second kappa shape index (κ2) is 3.08. The van der Waals surface area contributed by atoms with Gasteiger partial charge in [-0.2, -0.15) is 10.7 Å². The summed E-state index contributed by atoms with van der Waals surface area (Å²) >= 11 is 0. The highest BCUT2D eigenvalue weighted by Gasteiger charge is 2.21. The number of hydrogen-bond donors (Lipinski definition) is 1. The van der Waals surface area contributed by atoms with E-state index in [1.165, 1.54) is 10.9 Å². The zero-order valence-corrected chi connectivity index (χ0v) is 6.05. The molecular weight excluding hydrogens is 152 g/mol. The third kappa shape index (κ3) is 1.20. The van der Waals surface area contributed by atoms with Crippen LogP contribution in [0.1, 0.15) is 0 Å². The zero-order chi connectivity index (χ0) is 6.85. The lowest BCUT2D eigenvalue weighted by Gasteiger charge is -1.83. The summed E-state index contributed by atoms with van der Waals surface area (Å²) < 4.78 is 1.48. The molecule has 0 amide bonds. The van der Waals surface area contributed by atoms with Crippen molar-refractivity contribution in [3.05, 3.63) is 0 Å². The molecule has 0 radical (unpaired) electrons. The average molecular weight is 157 g/mol. The molecule has 5 heteroatoms. The summed E-state index contributed by atoms with van der Waals surface area (Å²) in [6.45, 7) is 0. The molecule has 0 atom stereocenters. The monoisotopic (exact) mass is 156 g/mol. The standard InChI is InChI=1S/C5H5N4.ClH/c1-9-3-8-4(2-6)5(9)7;/h3,7H,1H3;1H/q+1;/p-1. The molecule has 0 fully saturated rings. The Morgan fingerprint density at radius 3 is 2.60 bits per heavy atom. The Labute approximate surface area is 64.4 Å². The number of nitrogens with one attached hydrogen (secondary N) is 1. The van der Waals surface area contributed by atoms with Crippen LogP contribution in [-0.4, -0.2) is 29.5 Å². The van der Waals surface area contributed by atoms with Gasteiger partial charge in [-0.05, 0) is 0 Å². The molecule has 0 spiro atoms. The minimum Gasteiger partial charge on any atom is -1.00 e. The van der Waals surface area contributed by atoms with Crippen LogP contribution < -0.4 is 12.4 Å². The second-order valence-corrected chi connectivity index (χ2v) is 1.66. The summed E-state index contributed by atoms with van der Waals surface area (Å²) in [4.78, 5) is 3.65. The Morgan fingerprint density at radius 1 is 1.80 bits per heavy atom. The fraction of sp³-hybridized carbons (Fsp3) is 0.200. The highest BCUT2D eigenvalue weighted by molar-refractivity contribution is 6.46. The van der Waals surface area contributed by atoms with Crippen molar-refractivity contribution in [1.29, 1.82) is 10.7 Å². The SMILES string of the molecule is C[N+]1=CN=C(C#N)C1=N.[Cl-]. The lowest BCUT2D eigenvalue weighted by molar-refractivity contribution is -0.360. The van der Waals surface area contributed by atoms with Gasteiger partial charge in [-0.1, -0.05) is 4.99 Å². The van der Waals surface area contributed by atoms with Crippen molar-refractivity contribution in [2.45, 2.75) is 0 Å². The first-order chi connectivity index (χ1) is 4.25. The largest absolute Gasteiger partial charge is 1.00 e. The van der Waals surface area contributed by atoms with E-state index in [1.54, 1.807) is 13.1 Å². The Kier molecular flexibility index (Phi) is 2.71. The molecule has 0 saturated carbocycles. The lowest BCUT2D eigenvalue weighted by atomic mass is 10.4. The number of hydrogen-bond acceptors (Lipinski definition) is 3. The molecule has 0 aromatic carbocycles. The highest BCUT2D eigenvalue weighted by Crippen LogP contribution is 1.87. The molecule has 0 aliphatic carbocycles. The van der Waals surface area contributed by atoms with Crippen LogP contribution in [0.3, 0.4) is 0 Å². The molecule has 1 N–H and O–H groups in total. The van der Waals surface area contributed by atoms with Crippen LogP contribution in [-0.2, 0) is 0 Å². The van der Waals surface area contributed by atoms with E-state index in [-0.39, 0.29) is 24.0 Å². The van der Waals surface area contributed by atoms with E-state index in [0.717, 1.165) is 0 Å². The van der Waals surface area contributed by atoms with Crippen molar-refractivity contribution < 1.29 is 17.0 Å². The van der Waals surface area contributed by atoms with E-state index in [2.05, 4.69) is 4.99 Å². The van der Waals surface area contributed by atoms with Crippen LogP contribution in [0.5, 0.6) is 0 Å². The summed E-state index contributed by atoms with van der Waals surface area (Å²) in [7, 11) is 1.68. The fourth-order valence-electron chi connectivity index (χ4n) is 0.512. The molecule has 0 aromatic rings. The number of nitriles is 1. The van der Waals surface area contributed by atoms with Crippen LogP contribution in [0.2, 0.25) is 0 Å². The van der Waals surface area contributed by atoms with Crippen molar-refractivity contribution in [2.24, 2.45) is 4.99 Å². The maximum Gasteiger partial charge on any atom is 0.308 e. The minimum atomic E-state index is 0. The van der Waals surface area contributed by atoms with Crippen LogP contribution >= 0.6 is 0 Å². The van der Waals surface area contributed by atoms with Crippen LogP contribution in [0.15, 0.2) is 4.99 Å². The van der Waals surface area contributed by atoms with Gasteiger partial charge in [-0.3, -0.25) is 0 Å². The number of amidine groups is 1. The first-order valence-corrected chi connectivity index (χ1v) is 2.38. The van der Waals surface area contributed by atoms with Crippen molar-refractivity contribution in [2.75, 3.05) is 7.05 Å². The molecule has 1 rings (SSSR count). The fourth-order valence-corrected chi connectivity index (χ4v) is 0.512. The first kappa shape index (κ1) is 8.79. The molecule has 52 valence electrons.